The number of pyridine rings is 1. The van der Waals surface area contributed by atoms with Crippen LogP contribution in [0.2, 0.25) is 0 Å². The van der Waals surface area contributed by atoms with Crippen LogP contribution in [0.25, 0.3) is 11.0 Å². The third kappa shape index (κ3) is 4.13. The van der Waals surface area contributed by atoms with Crippen LogP contribution in [-0.2, 0) is 21.7 Å². The van der Waals surface area contributed by atoms with Crippen LogP contribution < -0.4 is 5.32 Å². The van der Waals surface area contributed by atoms with Gasteiger partial charge in [-0.2, -0.15) is 5.10 Å². The lowest BCUT2D eigenvalue weighted by molar-refractivity contribution is -0.135. The Hall–Kier alpha value is -2.26. The molecule has 0 spiro atoms. The molecule has 0 radical (unpaired) electrons. The minimum absolute atomic E-state index is 0.0202. The molecule has 2 aromatic heterocycles. The predicted octanol–water partition coefficient (Wildman–Crippen LogP) is 1.60. The highest BCUT2D eigenvalue weighted by Gasteiger charge is 2.34. The summed E-state index contributed by atoms with van der Waals surface area (Å²) in [6.07, 6.45) is 5.13. The quantitative estimate of drug-likeness (QED) is 0.772. The van der Waals surface area contributed by atoms with Gasteiger partial charge in [0.15, 0.2) is 15.5 Å². The standard InChI is InChI=1S/C21H29N5O3S/c1-14(2)18(23-16-8-12-30(28,29)13-16)21(27)26-10-6-15(7-11-26)19-17-5-4-9-22-20(17)25(3)24-19/h4-5,8-9,12,14-16,18,23H,6-7,10-11,13H2,1-3H3/t16-,18+/m0/s1. The summed E-state index contributed by atoms with van der Waals surface area (Å²) in [7, 11) is -1.24. The molecule has 0 saturated carbocycles. The highest BCUT2D eigenvalue weighted by molar-refractivity contribution is 7.94. The van der Waals surface area contributed by atoms with Gasteiger partial charge in [-0.05, 0) is 30.9 Å². The van der Waals surface area contributed by atoms with Gasteiger partial charge in [-0.1, -0.05) is 19.9 Å². The van der Waals surface area contributed by atoms with Crippen molar-refractivity contribution in [3.8, 4) is 0 Å². The number of hydrogen-bond acceptors (Lipinski definition) is 6. The van der Waals surface area contributed by atoms with Crippen molar-refractivity contribution in [2.75, 3.05) is 18.8 Å². The molecule has 9 heteroatoms. The average molecular weight is 432 g/mol. The Labute approximate surface area is 177 Å². The number of hydrogen-bond donors (Lipinski definition) is 1. The van der Waals surface area contributed by atoms with Crippen molar-refractivity contribution in [1.29, 1.82) is 0 Å². The minimum atomic E-state index is -3.15. The van der Waals surface area contributed by atoms with Crippen LogP contribution in [-0.4, -0.2) is 64.9 Å². The second kappa shape index (κ2) is 8.11. The number of carbonyl (C=O) groups is 1. The summed E-state index contributed by atoms with van der Waals surface area (Å²) in [6, 6.07) is 3.29. The van der Waals surface area contributed by atoms with Gasteiger partial charge in [-0.15, -0.1) is 0 Å². The normalized spacial score (nSPS) is 22.8. The molecule has 0 aliphatic carbocycles. The smallest absolute Gasteiger partial charge is 0.239 e. The predicted molar refractivity (Wildman–Crippen MR) is 116 cm³/mol. The van der Waals surface area contributed by atoms with E-state index in [-0.39, 0.29) is 23.6 Å². The van der Waals surface area contributed by atoms with E-state index in [4.69, 9.17) is 5.10 Å². The molecule has 4 rings (SSSR count). The maximum atomic E-state index is 13.2. The van der Waals surface area contributed by atoms with Crippen molar-refractivity contribution in [2.24, 2.45) is 13.0 Å². The first-order valence-corrected chi connectivity index (χ1v) is 12.2. The first-order valence-electron chi connectivity index (χ1n) is 10.5. The maximum Gasteiger partial charge on any atom is 0.239 e. The summed E-state index contributed by atoms with van der Waals surface area (Å²) in [5.74, 6) is 0.438. The number of aryl methyl sites for hydroxylation is 1. The summed E-state index contributed by atoms with van der Waals surface area (Å²) in [5, 5.41) is 10.3. The molecule has 1 fully saturated rings. The van der Waals surface area contributed by atoms with E-state index in [2.05, 4.69) is 16.4 Å². The monoisotopic (exact) mass is 431 g/mol. The van der Waals surface area contributed by atoms with Crippen molar-refractivity contribution in [2.45, 2.75) is 44.7 Å². The van der Waals surface area contributed by atoms with Gasteiger partial charge in [0, 0.05) is 49.1 Å². The van der Waals surface area contributed by atoms with E-state index in [0.717, 1.165) is 29.6 Å². The number of aromatic nitrogens is 3. The molecule has 1 saturated heterocycles. The molecule has 2 aliphatic heterocycles. The van der Waals surface area contributed by atoms with Crippen LogP contribution >= 0.6 is 0 Å². The Balaban J connectivity index is 1.42. The Kier molecular flexibility index (Phi) is 5.67. The first kappa shape index (κ1) is 21.0. The lowest BCUT2D eigenvalue weighted by Crippen LogP contribution is -2.54. The van der Waals surface area contributed by atoms with Gasteiger partial charge in [0.2, 0.25) is 5.91 Å². The van der Waals surface area contributed by atoms with Crippen LogP contribution in [0.5, 0.6) is 0 Å². The molecule has 0 bridgehead atoms. The number of fused-ring (bicyclic) bond motifs is 1. The van der Waals surface area contributed by atoms with Crippen molar-refractivity contribution < 1.29 is 13.2 Å². The molecule has 30 heavy (non-hydrogen) atoms. The van der Waals surface area contributed by atoms with Crippen molar-refractivity contribution in [3.63, 3.8) is 0 Å². The zero-order valence-electron chi connectivity index (χ0n) is 17.7. The third-order valence-corrected chi connectivity index (χ3v) is 7.47. The summed E-state index contributed by atoms with van der Waals surface area (Å²) >= 11 is 0. The lowest BCUT2D eigenvalue weighted by atomic mass is 9.91. The van der Waals surface area contributed by atoms with E-state index in [1.165, 1.54) is 5.41 Å². The largest absolute Gasteiger partial charge is 0.341 e. The second-order valence-electron chi connectivity index (χ2n) is 8.64. The van der Waals surface area contributed by atoms with Gasteiger partial charge >= 0.3 is 0 Å². The van der Waals surface area contributed by atoms with Gasteiger partial charge < -0.3 is 4.90 Å². The Bertz CT molecular complexity index is 1070. The number of amides is 1. The van der Waals surface area contributed by atoms with Gasteiger partial charge in [0.25, 0.3) is 0 Å². The van der Waals surface area contributed by atoms with Crippen LogP contribution in [0.1, 0.15) is 38.3 Å². The van der Waals surface area contributed by atoms with E-state index in [9.17, 15) is 13.2 Å². The topological polar surface area (TPSA) is 97.2 Å². The summed E-state index contributed by atoms with van der Waals surface area (Å²) in [6.45, 7) is 5.32. The van der Waals surface area contributed by atoms with Crippen molar-refractivity contribution in [3.05, 3.63) is 35.5 Å². The summed E-state index contributed by atoms with van der Waals surface area (Å²) < 4.78 is 25.2. The zero-order chi connectivity index (χ0) is 21.5. The molecule has 4 heterocycles. The fourth-order valence-corrected chi connectivity index (χ4v) is 5.70. The van der Waals surface area contributed by atoms with Crippen LogP contribution in [0.3, 0.4) is 0 Å². The third-order valence-electron chi connectivity index (χ3n) is 6.08. The lowest BCUT2D eigenvalue weighted by Gasteiger charge is -2.35. The van der Waals surface area contributed by atoms with Gasteiger partial charge in [0.1, 0.15) is 0 Å². The van der Waals surface area contributed by atoms with Gasteiger partial charge in [0.05, 0.1) is 17.5 Å². The number of sulfone groups is 1. The first-order chi connectivity index (χ1) is 14.2. The number of rotatable bonds is 5. The van der Waals surface area contributed by atoms with Crippen LogP contribution in [0, 0.1) is 5.92 Å². The second-order valence-corrected chi connectivity index (χ2v) is 10.6. The Morgan fingerprint density at radius 3 is 2.63 bits per heavy atom. The molecular weight excluding hydrogens is 402 g/mol. The van der Waals surface area contributed by atoms with E-state index >= 15 is 0 Å². The number of nitrogens with zero attached hydrogens (tertiary/aromatic N) is 4. The van der Waals surface area contributed by atoms with Crippen LogP contribution in [0.15, 0.2) is 29.8 Å². The molecule has 1 amide bonds. The highest BCUT2D eigenvalue weighted by atomic mass is 32.2. The molecule has 0 aromatic carbocycles. The number of likely N-dealkylation sites (tertiary alicyclic amines) is 1. The molecule has 162 valence electrons. The van der Waals surface area contributed by atoms with Gasteiger partial charge in [-0.3, -0.25) is 14.8 Å². The Morgan fingerprint density at radius 1 is 1.27 bits per heavy atom. The molecular formula is C21H29N5O3S. The molecule has 2 aliphatic rings. The SMILES string of the molecule is CC(C)[C@@H](N[C@H]1C=CS(=O)(=O)C1)C(=O)N1CCC(c2nn(C)c3ncccc23)CC1. The van der Waals surface area contributed by atoms with E-state index in [1.807, 2.05) is 36.5 Å². The van der Waals surface area contributed by atoms with Crippen molar-refractivity contribution >= 4 is 26.8 Å². The number of nitrogens with one attached hydrogen (secondary N) is 1. The average Bonchev–Trinajstić information content (AvgIpc) is 3.24. The fraction of sp³-hybridized carbons (Fsp3) is 0.571. The van der Waals surface area contributed by atoms with Gasteiger partial charge in [-0.25, -0.2) is 13.4 Å². The van der Waals surface area contributed by atoms with E-state index < -0.39 is 15.9 Å². The molecule has 2 aromatic rings. The van der Waals surface area contributed by atoms with Crippen molar-refractivity contribution in [1.82, 2.24) is 25.0 Å². The summed E-state index contributed by atoms with van der Waals surface area (Å²) in [5.41, 5.74) is 1.95. The molecule has 1 N–H and O–H groups in total. The molecule has 0 unspecified atom stereocenters. The van der Waals surface area contributed by atoms with E-state index in [1.54, 1.807) is 12.3 Å². The van der Waals surface area contributed by atoms with Crippen LogP contribution in [0.4, 0.5) is 0 Å². The van der Waals surface area contributed by atoms with E-state index in [0.29, 0.717) is 19.0 Å². The summed E-state index contributed by atoms with van der Waals surface area (Å²) in [4.78, 5) is 19.5. The minimum Gasteiger partial charge on any atom is -0.341 e. The molecule has 2 atom stereocenters. The number of piperidine rings is 1. The highest BCUT2D eigenvalue weighted by Crippen LogP contribution is 2.32. The molecule has 8 nitrogen and oxygen atoms in total. The fourth-order valence-electron chi connectivity index (χ4n) is 4.45. The zero-order valence-corrected chi connectivity index (χ0v) is 18.5. The Morgan fingerprint density at radius 2 is 2.00 bits per heavy atom. The number of carbonyl (C=O) groups excluding carboxylic acids is 1. The maximum absolute atomic E-state index is 13.2.